The van der Waals surface area contributed by atoms with Crippen molar-refractivity contribution in [3.8, 4) is 0 Å². The molecular formula is C23H29N3. The minimum atomic E-state index is 0.0350. The largest absolute Gasteiger partial charge is 0.378 e. The van der Waals surface area contributed by atoms with Crippen LogP contribution in [0.3, 0.4) is 0 Å². The van der Waals surface area contributed by atoms with Crippen molar-refractivity contribution >= 4 is 28.8 Å². The Bertz CT molecular complexity index is 871. The lowest BCUT2D eigenvalue weighted by Crippen LogP contribution is -2.42. The maximum absolute atomic E-state index is 4.68. The summed E-state index contributed by atoms with van der Waals surface area (Å²) in [6.45, 7) is 8.86. The molecular weight excluding hydrogens is 318 g/mol. The van der Waals surface area contributed by atoms with Gasteiger partial charge in [0.15, 0.2) is 0 Å². The van der Waals surface area contributed by atoms with Gasteiger partial charge in [-0.15, -0.1) is 0 Å². The summed E-state index contributed by atoms with van der Waals surface area (Å²) in [5.74, 6) is 0. The zero-order valence-corrected chi connectivity index (χ0v) is 17.0. The number of aryl methyl sites for hydroxylation is 1. The lowest BCUT2D eigenvalue weighted by molar-refractivity contribution is 0.597. The third kappa shape index (κ3) is 3.39. The molecule has 1 aliphatic rings. The van der Waals surface area contributed by atoms with Gasteiger partial charge >= 0.3 is 0 Å². The van der Waals surface area contributed by atoms with Crippen molar-refractivity contribution in [2.75, 3.05) is 30.9 Å². The topological polar surface area (TPSA) is 18.8 Å². The van der Waals surface area contributed by atoms with E-state index in [9.17, 15) is 0 Å². The summed E-state index contributed by atoms with van der Waals surface area (Å²) in [6.07, 6.45) is 4.32. The van der Waals surface area contributed by atoms with Crippen LogP contribution in [0.2, 0.25) is 0 Å². The molecule has 3 heteroatoms. The highest BCUT2D eigenvalue weighted by Crippen LogP contribution is 2.39. The highest BCUT2D eigenvalue weighted by atomic mass is 15.2. The zero-order valence-electron chi connectivity index (χ0n) is 17.0. The first-order valence-electron chi connectivity index (χ1n) is 9.09. The molecule has 0 saturated carbocycles. The normalized spacial score (nSPS) is 15.8. The van der Waals surface area contributed by atoms with Crippen molar-refractivity contribution in [1.29, 1.82) is 0 Å². The molecule has 0 aliphatic carbocycles. The number of hydrogen-bond acceptors (Lipinski definition) is 3. The molecule has 0 unspecified atom stereocenters. The highest BCUT2D eigenvalue weighted by Gasteiger charge is 2.28. The fraction of sp³-hybridized carbons (Fsp3) is 0.348. The number of likely N-dealkylation sites (N-methyl/N-ethyl adjacent to an activating group) is 1. The van der Waals surface area contributed by atoms with Crippen LogP contribution in [0.25, 0.3) is 5.57 Å². The van der Waals surface area contributed by atoms with Crippen LogP contribution >= 0.6 is 0 Å². The molecule has 1 aliphatic heterocycles. The summed E-state index contributed by atoms with van der Waals surface area (Å²) < 4.78 is 0. The Balaban J connectivity index is 1.94. The van der Waals surface area contributed by atoms with Crippen LogP contribution < -0.4 is 9.80 Å². The quantitative estimate of drug-likeness (QED) is 0.688. The van der Waals surface area contributed by atoms with Crippen molar-refractivity contribution in [2.45, 2.75) is 33.2 Å². The molecule has 0 atom stereocenters. The molecule has 0 bridgehead atoms. The molecule has 0 amide bonds. The summed E-state index contributed by atoms with van der Waals surface area (Å²) >= 11 is 0. The van der Waals surface area contributed by atoms with E-state index in [0.717, 1.165) is 5.69 Å². The Labute approximate surface area is 157 Å². The smallest absolute Gasteiger partial charge is 0.0631 e. The van der Waals surface area contributed by atoms with E-state index in [-0.39, 0.29) is 5.54 Å². The number of rotatable bonds is 3. The third-order valence-electron chi connectivity index (χ3n) is 5.32. The predicted octanol–water partition coefficient (Wildman–Crippen LogP) is 5.44. The Morgan fingerprint density at radius 2 is 1.69 bits per heavy atom. The molecule has 3 nitrogen and oxygen atoms in total. The number of aliphatic imine (C=N–C) groups is 1. The summed E-state index contributed by atoms with van der Waals surface area (Å²) in [7, 11) is 6.26. The van der Waals surface area contributed by atoms with Crippen LogP contribution in [0, 0.1) is 6.92 Å². The first kappa shape index (κ1) is 18.2. The molecule has 0 spiro atoms. The predicted molar refractivity (Wildman–Crippen MR) is 115 cm³/mol. The molecule has 2 aromatic carbocycles. The van der Waals surface area contributed by atoms with Gasteiger partial charge in [0.1, 0.15) is 0 Å². The van der Waals surface area contributed by atoms with E-state index in [1.165, 1.54) is 33.6 Å². The van der Waals surface area contributed by atoms with Crippen molar-refractivity contribution in [3.63, 3.8) is 0 Å². The van der Waals surface area contributed by atoms with Crippen LogP contribution in [0.15, 0.2) is 47.5 Å². The lowest BCUT2D eigenvalue weighted by Gasteiger charge is -2.41. The van der Waals surface area contributed by atoms with Gasteiger partial charge in [-0.2, -0.15) is 0 Å². The molecule has 26 heavy (non-hydrogen) atoms. The number of hydrogen-bond donors (Lipinski definition) is 0. The Hall–Kier alpha value is -2.55. The van der Waals surface area contributed by atoms with Gasteiger partial charge in [0.2, 0.25) is 0 Å². The molecule has 136 valence electrons. The number of fused-ring (bicyclic) bond motifs is 1. The van der Waals surface area contributed by atoms with Gasteiger partial charge in [0, 0.05) is 44.3 Å². The summed E-state index contributed by atoms with van der Waals surface area (Å²) in [5, 5.41) is 0. The minimum Gasteiger partial charge on any atom is -0.378 e. The second kappa shape index (κ2) is 6.64. The Morgan fingerprint density at radius 3 is 2.31 bits per heavy atom. The van der Waals surface area contributed by atoms with Crippen molar-refractivity contribution in [3.05, 3.63) is 59.2 Å². The van der Waals surface area contributed by atoms with E-state index < -0.39 is 0 Å². The van der Waals surface area contributed by atoms with E-state index in [4.69, 9.17) is 0 Å². The Kier molecular flexibility index (Phi) is 4.66. The van der Waals surface area contributed by atoms with Crippen molar-refractivity contribution < 1.29 is 0 Å². The maximum atomic E-state index is 4.68. The fourth-order valence-corrected chi connectivity index (χ4v) is 3.44. The van der Waals surface area contributed by atoms with Gasteiger partial charge < -0.3 is 9.80 Å². The second-order valence-electron chi connectivity index (χ2n) is 7.93. The Morgan fingerprint density at radius 1 is 1.04 bits per heavy atom. The van der Waals surface area contributed by atoms with E-state index >= 15 is 0 Å². The van der Waals surface area contributed by atoms with Crippen molar-refractivity contribution in [1.82, 2.24) is 0 Å². The second-order valence-corrected chi connectivity index (χ2v) is 7.93. The molecule has 2 aromatic rings. The SMILES string of the molecule is CC1=CC(C)(C)N(C)c2cc(C)c(C=Nc3ccc(N(C)C)cc3)cc21. The van der Waals surface area contributed by atoms with Crippen LogP contribution in [-0.2, 0) is 0 Å². The lowest BCUT2D eigenvalue weighted by atomic mass is 9.87. The highest BCUT2D eigenvalue weighted by molar-refractivity contribution is 5.90. The number of nitrogens with zero attached hydrogens (tertiary/aromatic N) is 3. The monoisotopic (exact) mass is 347 g/mol. The summed E-state index contributed by atoms with van der Waals surface area (Å²) in [6, 6.07) is 12.8. The maximum Gasteiger partial charge on any atom is 0.0631 e. The van der Waals surface area contributed by atoms with E-state index in [1.54, 1.807) is 0 Å². The van der Waals surface area contributed by atoms with Crippen LogP contribution in [0.5, 0.6) is 0 Å². The minimum absolute atomic E-state index is 0.0350. The third-order valence-corrected chi connectivity index (χ3v) is 5.32. The van der Waals surface area contributed by atoms with Crippen LogP contribution in [0.4, 0.5) is 17.1 Å². The first-order chi connectivity index (χ1) is 12.2. The molecule has 3 rings (SSSR count). The van der Waals surface area contributed by atoms with Gasteiger partial charge in [-0.25, -0.2) is 0 Å². The molecule has 0 N–H and O–H groups in total. The standard InChI is InChI=1S/C23H29N3/c1-16-12-22-21(17(2)14-23(3,4)26(22)7)13-18(16)15-24-19-8-10-20(11-9-19)25(5)6/h8-15H,1-7H3. The average molecular weight is 348 g/mol. The van der Waals surface area contributed by atoms with Crippen molar-refractivity contribution in [2.24, 2.45) is 4.99 Å². The summed E-state index contributed by atoms with van der Waals surface area (Å²) in [4.78, 5) is 9.12. The molecule has 0 aromatic heterocycles. The number of anilines is 2. The van der Waals surface area contributed by atoms with E-state index in [0.29, 0.717) is 0 Å². The van der Waals surface area contributed by atoms with Gasteiger partial charge in [-0.1, -0.05) is 6.08 Å². The van der Waals surface area contributed by atoms with Crippen LogP contribution in [0.1, 0.15) is 37.5 Å². The zero-order chi connectivity index (χ0) is 19.1. The van der Waals surface area contributed by atoms with Gasteiger partial charge in [0.25, 0.3) is 0 Å². The van der Waals surface area contributed by atoms with E-state index in [2.05, 4.69) is 92.0 Å². The molecule has 1 heterocycles. The number of allylic oxidation sites excluding steroid dienone is 1. The summed E-state index contributed by atoms with van der Waals surface area (Å²) in [5.41, 5.74) is 8.51. The molecule has 0 fully saturated rings. The van der Waals surface area contributed by atoms with E-state index in [1.807, 2.05) is 20.3 Å². The van der Waals surface area contributed by atoms with Gasteiger partial charge in [-0.3, -0.25) is 4.99 Å². The van der Waals surface area contributed by atoms with Crippen LogP contribution in [-0.4, -0.2) is 32.9 Å². The first-order valence-corrected chi connectivity index (χ1v) is 9.09. The van der Waals surface area contributed by atoms with Gasteiger partial charge in [0.05, 0.1) is 11.2 Å². The molecule has 0 saturated heterocycles. The number of benzene rings is 2. The van der Waals surface area contributed by atoms with Gasteiger partial charge in [-0.05, 0) is 80.8 Å². The fourth-order valence-electron chi connectivity index (χ4n) is 3.44. The average Bonchev–Trinajstić information content (AvgIpc) is 2.58. The molecule has 0 radical (unpaired) electrons.